The Morgan fingerprint density at radius 3 is 2.40 bits per heavy atom. The van der Waals surface area contributed by atoms with E-state index in [0.717, 1.165) is 19.6 Å². The fraction of sp³-hybridized carbons (Fsp3) is 1.00. The van der Waals surface area contributed by atoms with Crippen LogP contribution in [0.5, 0.6) is 0 Å². The summed E-state index contributed by atoms with van der Waals surface area (Å²) in [5.74, 6) is 0. The maximum atomic E-state index is 9.50. The number of hydrogen-bond acceptors (Lipinski definition) is 2. The molecule has 1 heterocycles. The van der Waals surface area contributed by atoms with Gasteiger partial charge in [-0.15, -0.1) is 0 Å². The predicted molar refractivity (Wildman–Crippen MR) is 43.3 cm³/mol. The van der Waals surface area contributed by atoms with Crippen LogP contribution in [0.2, 0.25) is 0 Å². The van der Waals surface area contributed by atoms with Crippen molar-refractivity contribution in [2.45, 2.75) is 19.4 Å². The molecule has 3 heteroatoms. The second-order valence-corrected chi connectivity index (χ2v) is 3.53. The molecule has 0 aromatic carbocycles. The fourth-order valence-electron chi connectivity index (χ4n) is 1.16. The van der Waals surface area contributed by atoms with Crippen LogP contribution < -0.4 is 0 Å². The Morgan fingerprint density at radius 2 is 2.30 bits per heavy atom. The van der Waals surface area contributed by atoms with Gasteiger partial charge in [0, 0.05) is 10.7 Å². The third-order valence-corrected chi connectivity index (χ3v) is 2.95. The Morgan fingerprint density at radius 1 is 1.70 bits per heavy atom. The molecule has 60 valence electrons. The first-order valence-electron chi connectivity index (χ1n) is 3.57. The van der Waals surface area contributed by atoms with Crippen LogP contribution in [0.15, 0.2) is 0 Å². The molecule has 0 radical (unpaired) electrons. The van der Waals surface area contributed by atoms with Crippen LogP contribution in [-0.4, -0.2) is 29.8 Å². The zero-order valence-electron chi connectivity index (χ0n) is 6.14. The second-order valence-electron chi connectivity index (χ2n) is 2.88. The zero-order valence-corrected chi connectivity index (χ0v) is 7.73. The molecule has 0 amide bonds. The van der Waals surface area contributed by atoms with Gasteiger partial charge in [0.1, 0.15) is 0 Å². The van der Waals surface area contributed by atoms with Gasteiger partial charge < -0.3 is 9.84 Å². The summed E-state index contributed by atoms with van der Waals surface area (Å²) in [5, 5.41) is 10.2. The molecule has 0 saturated carbocycles. The first kappa shape index (κ1) is 8.50. The summed E-state index contributed by atoms with van der Waals surface area (Å²) < 4.78 is 5.07. The molecule has 0 aromatic heterocycles. The highest BCUT2D eigenvalue weighted by Gasteiger charge is 2.42. The van der Waals surface area contributed by atoms with Gasteiger partial charge in [0.05, 0.1) is 19.3 Å². The van der Waals surface area contributed by atoms with E-state index in [1.165, 1.54) is 0 Å². The second kappa shape index (κ2) is 3.20. The lowest BCUT2D eigenvalue weighted by Crippen LogP contribution is -2.51. The number of aliphatic hydroxyl groups excluding tert-OH is 1. The van der Waals surface area contributed by atoms with E-state index < -0.39 is 0 Å². The average Bonchev–Trinajstić information content (AvgIpc) is 1.86. The Hall–Kier alpha value is 0.400. The smallest absolute Gasteiger partial charge is 0.0737 e. The lowest BCUT2D eigenvalue weighted by molar-refractivity contribution is -0.166. The van der Waals surface area contributed by atoms with E-state index in [1.807, 2.05) is 0 Å². The maximum Gasteiger partial charge on any atom is 0.0737 e. The van der Waals surface area contributed by atoms with Crippen molar-refractivity contribution in [3.63, 3.8) is 0 Å². The van der Waals surface area contributed by atoms with Gasteiger partial charge in [-0.05, 0) is 6.42 Å². The molecule has 1 N–H and O–H groups in total. The summed E-state index contributed by atoms with van der Waals surface area (Å²) >= 11 is 3.26. The van der Waals surface area contributed by atoms with Crippen molar-refractivity contribution >= 4 is 15.9 Å². The molecule has 1 fully saturated rings. The van der Waals surface area contributed by atoms with Crippen molar-refractivity contribution in [2.75, 3.05) is 18.5 Å². The molecule has 0 bridgehead atoms. The van der Waals surface area contributed by atoms with Gasteiger partial charge in [-0.2, -0.15) is 0 Å². The molecule has 1 rings (SSSR count). The van der Waals surface area contributed by atoms with E-state index in [2.05, 4.69) is 22.9 Å². The van der Waals surface area contributed by atoms with E-state index in [1.54, 1.807) is 0 Å². The van der Waals surface area contributed by atoms with Gasteiger partial charge in [0.2, 0.25) is 0 Å². The minimum Gasteiger partial charge on any atom is -0.391 e. The molecule has 1 unspecified atom stereocenters. The Bertz CT molecular complexity index is 107. The third kappa shape index (κ3) is 1.22. The Balaban J connectivity index is 2.46. The van der Waals surface area contributed by atoms with Crippen LogP contribution in [0.4, 0.5) is 0 Å². The van der Waals surface area contributed by atoms with Gasteiger partial charge in [0.15, 0.2) is 0 Å². The van der Waals surface area contributed by atoms with E-state index in [0.29, 0.717) is 5.33 Å². The molecule has 1 atom stereocenters. The monoisotopic (exact) mass is 208 g/mol. The molecule has 0 spiro atoms. The summed E-state index contributed by atoms with van der Waals surface area (Å²) in [6.07, 6.45) is 0.756. The minimum atomic E-state index is -0.244. The Kier molecular flexibility index (Phi) is 2.72. The molecule has 10 heavy (non-hydrogen) atoms. The molecule has 1 saturated heterocycles. The van der Waals surface area contributed by atoms with Crippen molar-refractivity contribution in [3.8, 4) is 0 Å². The van der Waals surface area contributed by atoms with Crippen LogP contribution in [0.1, 0.15) is 13.3 Å². The van der Waals surface area contributed by atoms with Crippen molar-refractivity contribution in [3.05, 3.63) is 0 Å². The minimum absolute atomic E-state index is 0.0590. The average molecular weight is 209 g/mol. The highest BCUT2D eigenvalue weighted by Crippen LogP contribution is 2.35. The molecule has 2 nitrogen and oxygen atoms in total. The van der Waals surface area contributed by atoms with Gasteiger partial charge >= 0.3 is 0 Å². The van der Waals surface area contributed by atoms with Gasteiger partial charge in [-0.25, -0.2) is 0 Å². The highest BCUT2D eigenvalue weighted by molar-refractivity contribution is 9.09. The standard InChI is InChI=1S/C7H13BrO2/c1-2-7(4-10-5-7)6(9)3-8/h6,9H,2-5H2,1H3. The van der Waals surface area contributed by atoms with Gasteiger partial charge in [-0.1, -0.05) is 22.9 Å². The molecular formula is C7H13BrO2. The number of alkyl halides is 1. The van der Waals surface area contributed by atoms with Crippen molar-refractivity contribution in [1.29, 1.82) is 0 Å². The van der Waals surface area contributed by atoms with Crippen LogP contribution >= 0.6 is 15.9 Å². The molecule has 1 aliphatic heterocycles. The first-order chi connectivity index (χ1) is 4.75. The van der Waals surface area contributed by atoms with E-state index >= 15 is 0 Å². The summed E-state index contributed by atoms with van der Waals surface area (Å²) in [6.45, 7) is 3.53. The summed E-state index contributed by atoms with van der Waals surface area (Å²) in [5.41, 5.74) is 0.0590. The van der Waals surface area contributed by atoms with Gasteiger partial charge in [0.25, 0.3) is 0 Å². The number of rotatable bonds is 3. The topological polar surface area (TPSA) is 29.5 Å². The molecule has 1 aliphatic rings. The van der Waals surface area contributed by atoms with Crippen molar-refractivity contribution in [2.24, 2.45) is 5.41 Å². The third-order valence-electron chi connectivity index (χ3n) is 2.34. The largest absolute Gasteiger partial charge is 0.391 e. The van der Waals surface area contributed by atoms with Crippen LogP contribution in [-0.2, 0) is 4.74 Å². The summed E-state index contributed by atoms with van der Waals surface area (Å²) in [7, 11) is 0. The number of hydrogen-bond donors (Lipinski definition) is 1. The van der Waals surface area contributed by atoms with Crippen LogP contribution in [0, 0.1) is 5.41 Å². The first-order valence-corrected chi connectivity index (χ1v) is 4.69. The van der Waals surface area contributed by atoms with E-state index in [4.69, 9.17) is 4.74 Å². The zero-order chi connectivity index (χ0) is 7.61. The number of aliphatic hydroxyl groups is 1. The highest BCUT2D eigenvalue weighted by atomic mass is 79.9. The van der Waals surface area contributed by atoms with Crippen LogP contribution in [0.3, 0.4) is 0 Å². The predicted octanol–water partition coefficient (Wildman–Crippen LogP) is 1.17. The SMILES string of the molecule is CCC1(C(O)CBr)COC1. The number of ether oxygens (including phenoxy) is 1. The van der Waals surface area contributed by atoms with Crippen LogP contribution in [0.25, 0.3) is 0 Å². The molecule has 0 aliphatic carbocycles. The normalized spacial score (nSPS) is 25.5. The fourth-order valence-corrected chi connectivity index (χ4v) is 1.85. The lowest BCUT2D eigenvalue weighted by Gasteiger charge is -2.43. The van der Waals surface area contributed by atoms with Crippen molar-refractivity contribution in [1.82, 2.24) is 0 Å². The lowest BCUT2D eigenvalue weighted by atomic mass is 9.78. The maximum absolute atomic E-state index is 9.50. The summed E-state index contributed by atoms with van der Waals surface area (Å²) in [4.78, 5) is 0. The van der Waals surface area contributed by atoms with Crippen molar-refractivity contribution < 1.29 is 9.84 Å². The summed E-state index contributed by atoms with van der Waals surface area (Å²) in [6, 6.07) is 0. The molecule has 0 aromatic rings. The van der Waals surface area contributed by atoms with E-state index in [-0.39, 0.29) is 11.5 Å². The quantitative estimate of drug-likeness (QED) is 0.707. The molecular weight excluding hydrogens is 196 g/mol. The number of halogens is 1. The van der Waals surface area contributed by atoms with Gasteiger partial charge in [-0.3, -0.25) is 0 Å². The Labute approximate surface area is 69.7 Å². The van der Waals surface area contributed by atoms with E-state index in [9.17, 15) is 5.11 Å².